The van der Waals surface area contributed by atoms with Crippen molar-refractivity contribution in [3.05, 3.63) is 48.0 Å². The van der Waals surface area contributed by atoms with Crippen LogP contribution in [0.15, 0.2) is 42.5 Å². The van der Waals surface area contributed by atoms with Gasteiger partial charge in [-0.3, -0.25) is 0 Å². The monoisotopic (exact) mass is 312 g/mol. The second kappa shape index (κ2) is 6.82. The molecule has 0 aliphatic heterocycles. The Labute approximate surface area is 137 Å². The number of ether oxygens (including phenoxy) is 2. The fourth-order valence-corrected chi connectivity index (χ4v) is 2.99. The molecular formula is C19H24N2O2. The second-order valence-electron chi connectivity index (χ2n) is 6.18. The first-order valence-corrected chi connectivity index (χ1v) is 8.17. The van der Waals surface area contributed by atoms with E-state index in [1.807, 2.05) is 49.4 Å². The van der Waals surface area contributed by atoms with Gasteiger partial charge in [-0.1, -0.05) is 18.2 Å². The van der Waals surface area contributed by atoms with Crippen LogP contribution >= 0.6 is 0 Å². The topological polar surface area (TPSA) is 70.5 Å². The number of hydrogen-bond donors (Lipinski definition) is 2. The fourth-order valence-electron chi connectivity index (χ4n) is 2.99. The van der Waals surface area contributed by atoms with Crippen LogP contribution in [-0.4, -0.2) is 12.2 Å². The molecular weight excluding hydrogens is 288 g/mol. The highest BCUT2D eigenvalue weighted by Gasteiger charge is 2.29. The standard InChI is InChI=1S/C19H24N2O2/c1-13-10-11-15(21)19(12-13)23-18-9-5-4-8-17(18)22-16-7-3-2-6-14(16)20/h2-3,6-7,10-12,17-18H,4-5,8-9,20-21H2,1H3/t17-,18+/m1/s1. The zero-order valence-electron chi connectivity index (χ0n) is 13.5. The summed E-state index contributed by atoms with van der Waals surface area (Å²) < 4.78 is 12.4. The Morgan fingerprint density at radius 1 is 0.826 bits per heavy atom. The Bertz CT molecular complexity index is 672. The first kappa shape index (κ1) is 15.5. The summed E-state index contributed by atoms with van der Waals surface area (Å²) in [6, 6.07) is 13.5. The van der Waals surface area contributed by atoms with E-state index in [2.05, 4.69) is 0 Å². The predicted molar refractivity (Wildman–Crippen MR) is 93.7 cm³/mol. The minimum absolute atomic E-state index is 0.00615. The molecule has 1 saturated carbocycles. The second-order valence-corrected chi connectivity index (χ2v) is 6.18. The largest absolute Gasteiger partial charge is 0.484 e. The maximum Gasteiger partial charge on any atom is 0.143 e. The molecule has 2 atom stereocenters. The van der Waals surface area contributed by atoms with E-state index in [4.69, 9.17) is 20.9 Å². The van der Waals surface area contributed by atoms with E-state index in [0.29, 0.717) is 11.4 Å². The summed E-state index contributed by atoms with van der Waals surface area (Å²) in [5, 5.41) is 0. The van der Waals surface area contributed by atoms with Gasteiger partial charge >= 0.3 is 0 Å². The van der Waals surface area contributed by atoms with Crippen LogP contribution in [0.5, 0.6) is 11.5 Å². The van der Waals surface area contributed by atoms with Gasteiger partial charge in [0.25, 0.3) is 0 Å². The van der Waals surface area contributed by atoms with E-state index >= 15 is 0 Å². The molecule has 3 rings (SSSR count). The molecule has 4 heteroatoms. The molecule has 1 aliphatic rings. The maximum atomic E-state index is 6.20. The van der Waals surface area contributed by atoms with Crippen molar-refractivity contribution in [2.45, 2.75) is 44.8 Å². The highest BCUT2D eigenvalue weighted by atomic mass is 16.5. The minimum atomic E-state index is -0.00699. The SMILES string of the molecule is Cc1ccc(N)c(O[C@H]2CCCC[C@H]2Oc2ccccc2N)c1. The number of benzene rings is 2. The van der Waals surface area contributed by atoms with Crippen molar-refractivity contribution in [2.75, 3.05) is 11.5 Å². The van der Waals surface area contributed by atoms with Gasteiger partial charge < -0.3 is 20.9 Å². The fraction of sp³-hybridized carbons (Fsp3) is 0.368. The number of para-hydroxylation sites is 2. The Kier molecular flexibility index (Phi) is 4.60. The van der Waals surface area contributed by atoms with Gasteiger partial charge in [-0.05, 0) is 62.4 Å². The molecule has 0 radical (unpaired) electrons. The third-order valence-corrected chi connectivity index (χ3v) is 4.29. The van der Waals surface area contributed by atoms with Gasteiger partial charge in [0.15, 0.2) is 0 Å². The Morgan fingerprint density at radius 2 is 1.43 bits per heavy atom. The van der Waals surface area contributed by atoms with Crippen LogP contribution in [0, 0.1) is 6.92 Å². The molecule has 122 valence electrons. The summed E-state index contributed by atoms with van der Waals surface area (Å²) in [7, 11) is 0. The summed E-state index contributed by atoms with van der Waals surface area (Å²) >= 11 is 0. The van der Waals surface area contributed by atoms with Crippen molar-refractivity contribution in [3.63, 3.8) is 0 Å². The van der Waals surface area contributed by atoms with Gasteiger partial charge in [0.1, 0.15) is 23.7 Å². The molecule has 4 N–H and O–H groups in total. The number of nitrogen functional groups attached to an aromatic ring is 2. The van der Waals surface area contributed by atoms with Crippen molar-refractivity contribution < 1.29 is 9.47 Å². The van der Waals surface area contributed by atoms with Gasteiger partial charge in [-0.25, -0.2) is 0 Å². The molecule has 1 aliphatic carbocycles. The number of hydrogen-bond acceptors (Lipinski definition) is 4. The first-order valence-electron chi connectivity index (χ1n) is 8.17. The molecule has 1 fully saturated rings. The molecule has 0 heterocycles. The maximum absolute atomic E-state index is 6.20. The highest BCUT2D eigenvalue weighted by molar-refractivity contribution is 5.54. The molecule has 23 heavy (non-hydrogen) atoms. The van der Waals surface area contributed by atoms with E-state index in [1.54, 1.807) is 0 Å². The zero-order valence-corrected chi connectivity index (χ0v) is 13.5. The Hall–Kier alpha value is -2.36. The van der Waals surface area contributed by atoms with Crippen molar-refractivity contribution in [1.29, 1.82) is 0 Å². The lowest BCUT2D eigenvalue weighted by Gasteiger charge is -2.32. The summed E-state index contributed by atoms with van der Waals surface area (Å²) in [6.45, 7) is 2.03. The molecule has 0 spiro atoms. The summed E-state index contributed by atoms with van der Waals surface area (Å²) in [4.78, 5) is 0. The van der Waals surface area contributed by atoms with Crippen LogP contribution in [0.4, 0.5) is 11.4 Å². The third-order valence-electron chi connectivity index (χ3n) is 4.29. The lowest BCUT2D eigenvalue weighted by molar-refractivity contribution is 0.0240. The quantitative estimate of drug-likeness (QED) is 0.839. The Balaban J connectivity index is 1.76. The molecule has 0 amide bonds. The van der Waals surface area contributed by atoms with E-state index in [1.165, 1.54) is 0 Å². The van der Waals surface area contributed by atoms with E-state index in [0.717, 1.165) is 42.7 Å². The van der Waals surface area contributed by atoms with Gasteiger partial charge in [-0.2, -0.15) is 0 Å². The Morgan fingerprint density at radius 3 is 2.13 bits per heavy atom. The van der Waals surface area contributed by atoms with Crippen LogP contribution in [-0.2, 0) is 0 Å². The predicted octanol–water partition coefficient (Wildman–Crippen LogP) is 3.93. The van der Waals surface area contributed by atoms with Gasteiger partial charge in [0.2, 0.25) is 0 Å². The molecule has 0 saturated heterocycles. The smallest absolute Gasteiger partial charge is 0.143 e. The van der Waals surface area contributed by atoms with Crippen LogP contribution in [0.25, 0.3) is 0 Å². The zero-order chi connectivity index (χ0) is 16.2. The lowest BCUT2D eigenvalue weighted by atomic mass is 9.94. The minimum Gasteiger partial charge on any atom is -0.484 e. The average Bonchev–Trinajstić information content (AvgIpc) is 2.55. The first-order chi connectivity index (χ1) is 11.1. The van der Waals surface area contributed by atoms with Crippen LogP contribution in [0.2, 0.25) is 0 Å². The third kappa shape index (κ3) is 3.70. The van der Waals surface area contributed by atoms with Crippen molar-refractivity contribution in [2.24, 2.45) is 0 Å². The van der Waals surface area contributed by atoms with Gasteiger partial charge in [0, 0.05) is 0 Å². The molecule has 4 nitrogen and oxygen atoms in total. The van der Waals surface area contributed by atoms with Crippen LogP contribution < -0.4 is 20.9 Å². The summed E-state index contributed by atoms with van der Waals surface area (Å²) in [6.07, 6.45) is 4.19. The summed E-state index contributed by atoms with van der Waals surface area (Å²) in [5.74, 6) is 1.47. The van der Waals surface area contributed by atoms with E-state index in [-0.39, 0.29) is 12.2 Å². The molecule has 2 aromatic carbocycles. The normalized spacial score (nSPS) is 20.9. The van der Waals surface area contributed by atoms with Crippen molar-refractivity contribution in [1.82, 2.24) is 0 Å². The molecule has 0 aromatic heterocycles. The molecule has 2 aromatic rings. The van der Waals surface area contributed by atoms with Crippen molar-refractivity contribution >= 4 is 11.4 Å². The lowest BCUT2D eigenvalue weighted by Crippen LogP contribution is -2.39. The van der Waals surface area contributed by atoms with E-state index in [9.17, 15) is 0 Å². The van der Waals surface area contributed by atoms with E-state index < -0.39 is 0 Å². The van der Waals surface area contributed by atoms with Crippen molar-refractivity contribution in [3.8, 4) is 11.5 Å². The average molecular weight is 312 g/mol. The molecule has 0 bridgehead atoms. The van der Waals surface area contributed by atoms with Crippen LogP contribution in [0.1, 0.15) is 31.2 Å². The number of anilines is 2. The number of rotatable bonds is 4. The van der Waals surface area contributed by atoms with Gasteiger partial charge in [0.05, 0.1) is 11.4 Å². The van der Waals surface area contributed by atoms with Gasteiger partial charge in [-0.15, -0.1) is 0 Å². The molecule has 0 unspecified atom stereocenters. The number of nitrogens with two attached hydrogens (primary N) is 2. The summed E-state index contributed by atoms with van der Waals surface area (Å²) in [5.41, 5.74) is 14.5. The number of aryl methyl sites for hydroxylation is 1. The highest BCUT2D eigenvalue weighted by Crippen LogP contribution is 2.32. The van der Waals surface area contributed by atoms with Crippen LogP contribution in [0.3, 0.4) is 0 Å².